The molecular formula is C24H12Cl4F3N3O3. The molecule has 0 aromatic heterocycles. The summed E-state index contributed by atoms with van der Waals surface area (Å²) in [6.07, 6.45) is -4.69. The maximum atomic E-state index is 13.1. The highest BCUT2D eigenvalue weighted by atomic mass is 35.5. The summed E-state index contributed by atoms with van der Waals surface area (Å²) < 4.78 is 39.2. The average Bonchev–Trinajstić information content (AvgIpc) is 3.04. The number of carbonyl (C=O) groups excluding carboxylic acids is 3. The Morgan fingerprint density at radius 1 is 0.784 bits per heavy atom. The molecule has 0 unspecified atom stereocenters. The van der Waals surface area contributed by atoms with Crippen molar-refractivity contribution in [1.29, 1.82) is 0 Å². The minimum atomic E-state index is -4.69. The summed E-state index contributed by atoms with van der Waals surface area (Å²) in [4.78, 5) is 38.9. The predicted octanol–water partition coefficient (Wildman–Crippen LogP) is 7.35. The largest absolute Gasteiger partial charge is 0.417 e. The summed E-state index contributed by atoms with van der Waals surface area (Å²) in [5.41, 5.74) is -0.940. The number of carbonyl (C=O) groups is 3. The Hall–Kier alpha value is -3.24. The van der Waals surface area contributed by atoms with Crippen LogP contribution in [0.3, 0.4) is 0 Å². The molecule has 1 aliphatic rings. The van der Waals surface area contributed by atoms with Crippen LogP contribution in [-0.4, -0.2) is 17.7 Å². The Morgan fingerprint density at radius 2 is 1.41 bits per heavy atom. The average molecular weight is 589 g/mol. The smallest absolute Gasteiger partial charge is 0.350 e. The predicted molar refractivity (Wildman–Crippen MR) is 136 cm³/mol. The topological polar surface area (TPSA) is 78.5 Å². The van der Waals surface area contributed by atoms with Crippen molar-refractivity contribution in [3.63, 3.8) is 0 Å². The first kappa shape index (κ1) is 26.8. The van der Waals surface area contributed by atoms with Crippen LogP contribution in [0.4, 0.5) is 30.2 Å². The molecule has 4 rings (SSSR count). The van der Waals surface area contributed by atoms with Crippen LogP contribution in [0.15, 0.2) is 71.4 Å². The SMILES string of the molecule is O=C(Nc1ccc(Cl)c(C(F)(F)F)c1)c1ccc(NC2=C(Cl)C(=O)N(c3cc(Cl)ccc3Cl)C2=O)cc1. The lowest BCUT2D eigenvalue weighted by Crippen LogP contribution is -2.32. The third-order valence-electron chi connectivity index (χ3n) is 5.12. The Morgan fingerprint density at radius 3 is 2.05 bits per heavy atom. The second-order valence-electron chi connectivity index (χ2n) is 7.58. The molecule has 6 nitrogen and oxygen atoms in total. The summed E-state index contributed by atoms with van der Waals surface area (Å²) in [5.74, 6) is -2.27. The van der Waals surface area contributed by atoms with E-state index < -0.39 is 34.5 Å². The third kappa shape index (κ3) is 5.55. The monoisotopic (exact) mass is 587 g/mol. The lowest BCUT2D eigenvalue weighted by Gasteiger charge is -2.17. The van der Waals surface area contributed by atoms with Gasteiger partial charge in [0, 0.05) is 22.0 Å². The highest BCUT2D eigenvalue weighted by molar-refractivity contribution is 6.54. The molecule has 37 heavy (non-hydrogen) atoms. The van der Waals surface area contributed by atoms with Crippen LogP contribution in [-0.2, 0) is 15.8 Å². The van der Waals surface area contributed by atoms with E-state index in [1.165, 1.54) is 48.5 Å². The van der Waals surface area contributed by atoms with Crippen molar-refractivity contribution in [3.8, 4) is 0 Å². The lowest BCUT2D eigenvalue weighted by molar-refractivity contribution is -0.137. The zero-order valence-corrected chi connectivity index (χ0v) is 21.1. The van der Waals surface area contributed by atoms with Crippen molar-refractivity contribution < 1.29 is 27.6 Å². The van der Waals surface area contributed by atoms with E-state index >= 15 is 0 Å². The summed E-state index contributed by atoms with van der Waals surface area (Å²) in [5, 5.41) is 4.58. The fourth-order valence-electron chi connectivity index (χ4n) is 3.36. The molecule has 0 fully saturated rings. The van der Waals surface area contributed by atoms with Gasteiger partial charge in [-0.25, -0.2) is 4.90 Å². The van der Waals surface area contributed by atoms with E-state index in [4.69, 9.17) is 46.4 Å². The van der Waals surface area contributed by atoms with E-state index in [2.05, 4.69) is 10.6 Å². The minimum Gasteiger partial charge on any atom is -0.350 e. The van der Waals surface area contributed by atoms with Crippen LogP contribution in [0.2, 0.25) is 15.1 Å². The normalized spacial score (nSPS) is 13.9. The molecule has 0 saturated heterocycles. The number of amides is 3. The summed E-state index contributed by atoms with van der Waals surface area (Å²) >= 11 is 23.8. The van der Waals surface area contributed by atoms with Crippen molar-refractivity contribution in [2.24, 2.45) is 0 Å². The van der Waals surface area contributed by atoms with Crippen LogP contribution in [0.1, 0.15) is 15.9 Å². The van der Waals surface area contributed by atoms with Crippen LogP contribution in [0, 0.1) is 0 Å². The molecule has 0 atom stereocenters. The van der Waals surface area contributed by atoms with Crippen molar-refractivity contribution >= 4 is 81.2 Å². The molecular weight excluding hydrogens is 577 g/mol. The summed E-state index contributed by atoms with van der Waals surface area (Å²) in [6, 6.07) is 12.8. The van der Waals surface area contributed by atoms with Gasteiger partial charge in [0.05, 0.1) is 21.3 Å². The molecule has 190 valence electrons. The molecule has 1 heterocycles. The van der Waals surface area contributed by atoms with Gasteiger partial charge in [-0.15, -0.1) is 0 Å². The number of benzene rings is 3. The number of nitrogens with zero attached hydrogens (tertiary/aromatic N) is 1. The maximum absolute atomic E-state index is 13.1. The Balaban J connectivity index is 1.49. The van der Waals surface area contributed by atoms with Crippen molar-refractivity contribution in [1.82, 2.24) is 0 Å². The Kier molecular flexibility index (Phi) is 7.43. The van der Waals surface area contributed by atoms with Gasteiger partial charge in [0.25, 0.3) is 17.7 Å². The van der Waals surface area contributed by atoms with E-state index in [9.17, 15) is 27.6 Å². The molecule has 2 N–H and O–H groups in total. The van der Waals surface area contributed by atoms with Crippen molar-refractivity contribution in [2.75, 3.05) is 15.5 Å². The van der Waals surface area contributed by atoms with E-state index in [1.54, 1.807) is 0 Å². The second kappa shape index (κ2) is 10.3. The first-order chi connectivity index (χ1) is 17.4. The lowest BCUT2D eigenvalue weighted by atomic mass is 10.1. The standard InChI is InChI=1S/C24H12Cl4F3N3O3/c25-12-3-7-17(27)18(9-12)34-22(36)19(28)20(23(34)37)32-13-4-1-11(2-5-13)21(35)33-14-6-8-16(26)15(10-14)24(29,30)31/h1-10,32H,(H,33,35). The Bertz CT molecular complexity index is 1470. The second-order valence-corrected chi connectivity index (χ2v) is 9.21. The number of imide groups is 1. The molecule has 3 aromatic carbocycles. The van der Waals surface area contributed by atoms with E-state index in [0.29, 0.717) is 5.69 Å². The third-order valence-corrected chi connectivity index (χ3v) is 6.36. The minimum absolute atomic E-state index is 0.0574. The summed E-state index contributed by atoms with van der Waals surface area (Å²) in [6.45, 7) is 0. The quantitative estimate of drug-likeness (QED) is 0.305. The van der Waals surface area contributed by atoms with Gasteiger partial charge in [0.15, 0.2) is 0 Å². The fraction of sp³-hybridized carbons (Fsp3) is 0.0417. The summed E-state index contributed by atoms with van der Waals surface area (Å²) in [7, 11) is 0. The molecule has 0 aliphatic carbocycles. The molecule has 3 aromatic rings. The van der Waals surface area contributed by atoms with Crippen molar-refractivity contribution in [2.45, 2.75) is 6.18 Å². The molecule has 0 radical (unpaired) electrons. The molecule has 0 saturated carbocycles. The number of halogens is 7. The molecule has 0 spiro atoms. The van der Waals surface area contributed by atoms with Crippen LogP contribution in [0.5, 0.6) is 0 Å². The van der Waals surface area contributed by atoms with E-state index in [-0.39, 0.29) is 37.7 Å². The van der Waals surface area contributed by atoms with Crippen molar-refractivity contribution in [3.05, 3.63) is 97.6 Å². The van der Waals surface area contributed by atoms with E-state index in [1.807, 2.05) is 0 Å². The number of alkyl halides is 3. The molecule has 0 bridgehead atoms. The van der Waals surface area contributed by atoms with Gasteiger partial charge in [0.2, 0.25) is 0 Å². The van der Waals surface area contributed by atoms with Crippen LogP contribution < -0.4 is 15.5 Å². The molecule has 1 aliphatic heterocycles. The molecule has 13 heteroatoms. The van der Waals surface area contributed by atoms with Crippen LogP contribution in [0.25, 0.3) is 0 Å². The Labute approximate surface area is 227 Å². The number of nitrogens with one attached hydrogen (secondary N) is 2. The maximum Gasteiger partial charge on any atom is 0.417 e. The number of hydrogen-bond donors (Lipinski definition) is 2. The highest BCUT2D eigenvalue weighted by Gasteiger charge is 2.40. The highest BCUT2D eigenvalue weighted by Crippen LogP contribution is 2.37. The van der Waals surface area contributed by atoms with Gasteiger partial charge >= 0.3 is 6.18 Å². The number of anilines is 3. The number of hydrogen-bond acceptors (Lipinski definition) is 4. The van der Waals surface area contributed by atoms with Gasteiger partial charge in [-0.2, -0.15) is 13.2 Å². The zero-order chi connectivity index (χ0) is 27.1. The van der Waals surface area contributed by atoms with Gasteiger partial charge < -0.3 is 10.6 Å². The van der Waals surface area contributed by atoms with Crippen LogP contribution >= 0.6 is 46.4 Å². The first-order valence-corrected chi connectivity index (χ1v) is 11.7. The zero-order valence-electron chi connectivity index (χ0n) is 18.1. The molecule has 3 amide bonds. The van der Waals surface area contributed by atoms with Gasteiger partial charge in [-0.1, -0.05) is 46.4 Å². The van der Waals surface area contributed by atoms with Gasteiger partial charge in [-0.05, 0) is 60.7 Å². The van der Waals surface area contributed by atoms with Gasteiger partial charge in [0.1, 0.15) is 10.7 Å². The number of rotatable bonds is 5. The fourth-order valence-corrected chi connectivity index (χ4v) is 4.17. The van der Waals surface area contributed by atoms with Gasteiger partial charge in [-0.3, -0.25) is 14.4 Å². The van der Waals surface area contributed by atoms with E-state index in [0.717, 1.165) is 17.0 Å². The first-order valence-electron chi connectivity index (χ1n) is 10.2.